The minimum Gasteiger partial charge on any atom is -0.379 e. The molecule has 1 aromatic heterocycles. The SMILES string of the molecule is CCCCn1ncc(NC(C)CN(CC)CC)c(Br)c1=O. The monoisotopic (exact) mass is 358 g/mol. The molecular formula is C15H27BrN4O. The van der Waals surface area contributed by atoms with Crippen LogP contribution >= 0.6 is 15.9 Å². The van der Waals surface area contributed by atoms with Gasteiger partial charge in [0.05, 0.1) is 11.9 Å². The summed E-state index contributed by atoms with van der Waals surface area (Å²) in [6.07, 6.45) is 3.75. The lowest BCUT2D eigenvalue weighted by molar-refractivity contribution is 0.294. The Morgan fingerprint density at radius 2 is 2.05 bits per heavy atom. The number of unbranched alkanes of at least 4 members (excludes halogenated alkanes) is 1. The second kappa shape index (κ2) is 9.20. The van der Waals surface area contributed by atoms with Crippen molar-refractivity contribution in [3.8, 4) is 0 Å². The van der Waals surface area contributed by atoms with Crippen molar-refractivity contribution in [1.29, 1.82) is 0 Å². The molecule has 1 heterocycles. The molecule has 0 amide bonds. The van der Waals surface area contributed by atoms with E-state index in [0.717, 1.165) is 38.2 Å². The van der Waals surface area contributed by atoms with Crippen LogP contribution < -0.4 is 10.9 Å². The zero-order valence-corrected chi connectivity index (χ0v) is 15.1. The first-order valence-corrected chi connectivity index (χ1v) is 8.57. The molecule has 0 radical (unpaired) electrons. The molecule has 1 rings (SSSR count). The number of aromatic nitrogens is 2. The Morgan fingerprint density at radius 1 is 1.38 bits per heavy atom. The summed E-state index contributed by atoms with van der Waals surface area (Å²) in [7, 11) is 0. The Balaban J connectivity index is 2.76. The van der Waals surface area contributed by atoms with E-state index in [0.29, 0.717) is 11.0 Å². The molecule has 5 nitrogen and oxygen atoms in total. The third-order valence-electron chi connectivity index (χ3n) is 3.54. The van der Waals surface area contributed by atoms with Crippen LogP contribution in [-0.2, 0) is 6.54 Å². The fourth-order valence-corrected chi connectivity index (χ4v) is 2.63. The van der Waals surface area contributed by atoms with Crippen molar-refractivity contribution in [3.05, 3.63) is 21.0 Å². The second-order valence-corrected chi connectivity index (χ2v) is 6.08. The highest BCUT2D eigenvalue weighted by Gasteiger charge is 2.12. The normalized spacial score (nSPS) is 12.7. The number of anilines is 1. The number of nitrogens with zero attached hydrogens (tertiary/aromatic N) is 3. The molecule has 21 heavy (non-hydrogen) atoms. The summed E-state index contributed by atoms with van der Waals surface area (Å²) in [5.41, 5.74) is 0.705. The summed E-state index contributed by atoms with van der Waals surface area (Å²) in [4.78, 5) is 14.6. The fraction of sp³-hybridized carbons (Fsp3) is 0.733. The molecular weight excluding hydrogens is 332 g/mol. The van der Waals surface area contributed by atoms with Crippen LogP contribution in [0.2, 0.25) is 0 Å². The summed E-state index contributed by atoms with van der Waals surface area (Å²) >= 11 is 3.40. The van der Waals surface area contributed by atoms with Crippen molar-refractivity contribution in [2.75, 3.05) is 25.0 Å². The first-order valence-electron chi connectivity index (χ1n) is 7.77. The molecule has 0 saturated carbocycles. The lowest BCUT2D eigenvalue weighted by Crippen LogP contribution is -2.35. The van der Waals surface area contributed by atoms with Crippen LogP contribution in [0.4, 0.5) is 5.69 Å². The van der Waals surface area contributed by atoms with E-state index in [-0.39, 0.29) is 11.6 Å². The highest BCUT2D eigenvalue weighted by Crippen LogP contribution is 2.17. The zero-order valence-electron chi connectivity index (χ0n) is 13.5. The number of nitrogens with one attached hydrogen (secondary N) is 1. The molecule has 120 valence electrons. The lowest BCUT2D eigenvalue weighted by Gasteiger charge is -2.24. The van der Waals surface area contributed by atoms with Gasteiger partial charge in [0.15, 0.2) is 0 Å². The molecule has 6 heteroatoms. The van der Waals surface area contributed by atoms with Gasteiger partial charge in [0.25, 0.3) is 5.56 Å². The predicted molar refractivity (Wildman–Crippen MR) is 92.0 cm³/mol. The van der Waals surface area contributed by atoms with Gasteiger partial charge in [0, 0.05) is 19.1 Å². The summed E-state index contributed by atoms with van der Waals surface area (Å²) in [6, 6.07) is 0.258. The molecule has 0 aromatic carbocycles. The van der Waals surface area contributed by atoms with Crippen molar-refractivity contribution < 1.29 is 0 Å². The first-order chi connectivity index (χ1) is 10.0. The summed E-state index contributed by atoms with van der Waals surface area (Å²) in [5.74, 6) is 0. The van der Waals surface area contributed by atoms with Gasteiger partial charge < -0.3 is 10.2 Å². The van der Waals surface area contributed by atoms with E-state index < -0.39 is 0 Å². The molecule has 1 unspecified atom stereocenters. The summed E-state index contributed by atoms with van der Waals surface area (Å²) in [6.45, 7) is 12.2. The van der Waals surface area contributed by atoms with Gasteiger partial charge in [0.1, 0.15) is 4.47 Å². The van der Waals surface area contributed by atoms with Crippen LogP contribution in [-0.4, -0.2) is 40.4 Å². The van der Waals surface area contributed by atoms with Crippen molar-refractivity contribution >= 4 is 21.6 Å². The Morgan fingerprint density at radius 3 is 2.62 bits per heavy atom. The maximum absolute atomic E-state index is 12.2. The molecule has 0 bridgehead atoms. The smallest absolute Gasteiger partial charge is 0.283 e. The van der Waals surface area contributed by atoms with Crippen molar-refractivity contribution in [2.24, 2.45) is 0 Å². The van der Waals surface area contributed by atoms with E-state index >= 15 is 0 Å². The Labute approximate surface area is 135 Å². The van der Waals surface area contributed by atoms with Crippen LogP contribution in [0.3, 0.4) is 0 Å². The molecule has 0 aliphatic carbocycles. The van der Waals surface area contributed by atoms with Crippen molar-refractivity contribution in [3.63, 3.8) is 0 Å². The average Bonchev–Trinajstić information content (AvgIpc) is 2.48. The largest absolute Gasteiger partial charge is 0.379 e. The zero-order chi connectivity index (χ0) is 15.8. The Kier molecular flexibility index (Phi) is 7.96. The number of halogens is 1. The number of hydrogen-bond acceptors (Lipinski definition) is 4. The maximum atomic E-state index is 12.2. The number of rotatable bonds is 9. The lowest BCUT2D eigenvalue weighted by atomic mass is 10.3. The molecule has 0 fully saturated rings. The molecule has 0 aliphatic rings. The summed E-state index contributed by atoms with van der Waals surface area (Å²) in [5, 5.41) is 7.62. The van der Waals surface area contributed by atoms with Gasteiger partial charge in [-0.1, -0.05) is 27.2 Å². The third kappa shape index (κ3) is 5.43. The third-order valence-corrected chi connectivity index (χ3v) is 4.30. The van der Waals surface area contributed by atoms with Crippen molar-refractivity contribution in [1.82, 2.24) is 14.7 Å². The number of likely N-dealkylation sites (N-methyl/N-ethyl adjacent to an activating group) is 1. The van der Waals surface area contributed by atoms with E-state index in [9.17, 15) is 4.79 Å². The van der Waals surface area contributed by atoms with E-state index in [2.05, 4.69) is 58.9 Å². The van der Waals surface area contributed by atoms with Gasteiger partial charge in [-0.2, -0.15) is 5.10 Å². The number of aryl methyl sites for hydroxylation is 1. The topological polar surface area (TPSA) is 50.2 Å². The molecule has 1 N–H and O–H groups in total. The van der Waals surface area contributed by atoms with E-state index in [1.165, 1.54) is 4.68 Å². The van der Waals surface area contributed by atoms with Crippen LogP contribution in [0, 0.1) is 0 Å². The maximum Gasteiger partial charge on any atom is 0.283 e. The summed E-state index contributed by atoms with van der Waals surface area (Å²) < 4.78 is 2.09. The van der Waals surface area contributed by atoms with Crippen LogP contribution in [0.1, 0.15) is 40.5 Å². The van der Waals surface area contributed by atoms with Gasteiger partial charge in [-0.3, -0.25) is 4.79 Å². The van der Waals surface area contributed by atoms with Crippen LogP contribution in [0.15, 0.2) is 15.5 Å². The van der Waals surface area contributed by atoms with Gasteiger partial charge in [-0.25, -0.2) is 4.68 Å². The van der Waals surface area contributed by atoms with E-state index in [1.807, 2.05) is 0 Å². The Bertz CT molecular complexity index is 485. The van der Waals surface area contributed by atoms with Crippen LogP contribution in [0.25, 0.3) is 0 Å². The second-order valence-electron chi connectivity index (χ2n) is 5.29. The molecule has 0 saturated heterocycles. The highest BCUT2D eigenvalue weighted by atomic mass is 79.9. The van der Waals surface area contributed by atoms with Gasteiger partial charge in [-0.05, 0) is 42.4 Å². The molecule has 0 spiro atoms. The van der Waals surface area contributed by atoms with Gasteiger partial charge in [0.2, 0.25) is 0 Å². The van der Waals surface area contributed by atoms with Gasteiger partial charge >= 0.3 is 0 Å². The molecule has 1 atom stereocenters. The molecule has 1 aromatic rings. The first kappa shape index (κ1) is 18.2. The standard InChI is InChI=1S/C15H27BrN4O/c1-5-8-9-20-15(21)14(16)13(10-17-20)18-12(4)11-19(6-2)7-3/h10,12,18H,5-9,11H2,1-4H3. The Hall–Kier alpha value is -0.880. The highest BCUT2D eigenvalue weighted by molar-refractivity contribution is 9.10. The van der Waals surface area contributed by atoms with E-state index in [4.69, 9.17) is 0 Å². The minimum absolute atomic E-state index is 0.0662. The van der Waals surface area contributed by atoms with Gasteiger partial charge in [-0.15, -0.1) is 0 Å². The average molecular weight is 359 g/mol. The van der Waals surface area contributed by atoms with E-state index in [1.54, 1.807) is 6.20 Å². The predicted octanol–water partition coefficient (Wildman–Crippen LogP) is 2.95. The number of hydrogen-bond donors (Lipinski definition) is 1. The minimum atomic E-state index is -0.0662. The van der Waals surface area contributed by atoms with Crippen molar-refractivity contribution in [2.45, 2.75) is 53.1 Å². The quantitative estimate of drug-likeness (QED) is 0.737. The van der Waals surface area contributed by atoms with Crippen LogP contribution in [0.5, 0.6) is 0 Å². The molecule has 0 aliphatic heterocycles. The fourth-order valence-electron chi connectivity index (χ4n) is 2.21.